The molecule has 0 spiro atoms. The number of hydrogen-bond donors (Lipinski definition) is 5. The van der Waals surface area contributed by atoms with Gasteiger partial charge in [0.1, 0.15) is 12.1 Å². The van der Waals surface area contributed by atoms with Crippen molar-refractivity contribution in [2.75, 3.05) is 32.4 Å². The minimum Gasteiger partial charge on any atom is -0.381 e. The van der Waals surface area contributed by atoms with E-state index in [9.17, 15) is 32.7 Å². The zero-order valence-corrected chi connectivity index (χ0v) is 31.6. The van der Waals surface area contributed by atoms with E-state index in [0.717, 1.165) is 6.42 Å². The van der Waals surface area contributed by atoms with Gasteiger partial charge in [0.2, 0.25) is 21.8 Å². The van der Waals surface area contributed by atoms with Gasteiger partial charge in [-0.2, -0.15) is 0 Å². The highest BCUT2D eigenvalue weighted by Gasteiger charge is 2.47. The highest BCUT2D eigenvalue weighted by atomic mass is 32.2. The van der Waals surface area contributed by atoms with Crippen LogP contribution in [0.1, 0.15) is 88.0 Å². The summed E-state index contributed by atoms with van der Waals surface area (Å²) in [4.78, 5) is 55.9. The van der Waals surface area contributed by atoms with Gasteiger partial charge in [-0.15, -0.1) is 6.58 Å². The lowest BCUT2D eigenvalue weighted by Gasteiger charge is -2.38. The Labute approximate surface area is 288 Å². The molecule has 276 valence electrons. The summed E-state index contributed by atoms with van der Waals surface area (Å²) < 4.78 is 26.1. The highest BCUT2D eigenvalue weighted by molar-refractivity contribution is 7.89. The number of likely N-dealkylation sites (N-methyl/N-ethyl adjacent to an activating group) is 1. The third-order valence-electron chi connectivity index (χ3n) is 8.87. The van der Waals surface area contributed by atoms with E-state index in [1.165, 1.54) is 22.3 Å². The monoisotopic (exact) mass is 698 g/mol. The number of nitrogens with zero attached hydrogens (tertiary/aromatic N) is 2. The summed E-state index contributed by atoms with van der Waals surface area (Å²) in [7, 11) is -2.03. The number of nitrogens with one attached hydrogen (secondary N) is 4. The van der Waals surface area contributed by atoms with Crippen LogP contribution in [0.15, 0.2) is 24.8 Å². The van der Waals surface area contributed by atoms with Crippen molar-refractivity contribution in [2.24, 2.45) is 16.7 Å². The van der Waals surface area contributed by atoms with Gasteiger partial charge in [-0.3, -0.25) is 14.4 Å². The molecule has 14 heteroatoms. The van der Waals surface area contributed by atoms with Gasteiger partial charge in [0.25, 0.3) is 5.91 Å². The molecule has 0 radical (unpaired) electrons. The lowest BCUT2D eigenvalue weighted by Crippen LogP contribution is -2.62. The molecule has 1 rings (SSSR count). The van der Waals surface area contributed by atoms with Gasteiger partial charge >= 0.3 is 6.03 Å². The summed E-state index contributed by atoms with van der Waals surface area (Å²) in [5.41, 5.74) is -0.596. The largest absolute Gasteiger partial charge is 0.381 e. The molecule has 0 aromatic heterocycles. The van der Waals surface area contributed by atoms with E-state index in [1.54, 1.807) is 34.6 Å². The average molecular weight is 699 g/mol. The summed E-state index contributed by atoms with van der Waals surface area (Å²) in [6.45, 7) is 24.4. The molecule has 2 unspecified atom stereocenters. The molecule has 0 saturated carbocycles. The quantitative estimate of drug-likeness (QED) is 0.145. The molecule has 1 heterocycles. The van der Waals surface area contributed by atoms with Crippen LogP contribution in [0.3, 0.4) is 0 Å². The molecular formula is C34H62N6O7S. The van der Waals surface area contributed by atoms with Gasteiger partial charge in [0.15, 0.2) is 6.10 Å². The molecule has 5 N–H and O–H groups in total. The van der Waals surface area contributed by atoms with Crippen LogP contribution in [0, 0.1) is 16.7 Å². The van der Waals surface area contributed by atoms with Crippen LogP contribution in [0.5, 0.6) is 0 Å². The fraction of sp³-hybridized carbons (Fsp3) is 0.765. The second-order valence-electron chi connectivity index (χ2n) is 15.0. The van der Waals surface area contributed by atoms with Crippen LogP contribution in [0.2, 0.25) is 0 Å². The Kier molecular flexibility index (Phi) is 16.3. The maximum absolute atomic E-state index is 14.3. The Morgan fingerprint density at radius 3 is 2.12 bits per heavy atom. The van der Waals surface area contributed by atoms with E-state index in [-0.39, 0.29) is 31.3 Å². The second-order valence-corrected chi connectivity index (χ2v) is 17.3. The minimum absolute atomic E-state index is 0.0343. The van der Waals surface area contributed by atoms with Crippen LogP contribution in [0.25, 0.3) is 0 Å². The molecule has 13 nitrogen and oxygen atoms in total. The van der Waals surface area contributed by atoms with Crippen molar-refractivity contribution in [1.82, 2.24) is 30.5 Å². The van der Waals surface area contributed by atoms with Gasteiger partial charge in [0, 0.05) is 38.6 Å². The Balaban J connectivity index is 3.37. The molecule has 0 bridgehead atoms. The molecule has 0 aromatic carbocycles. The number of urea groups is 1. The lowest BCUT2D eigenvalue weighted by atomic mass is 9.85. The molecule has 5 amide bonds. The fourth-order valence-electron chi connectivity index (χ4n) is 5.61. The fourth-order valence-corrected chi connectivity index (χ4v) is 6.43. The summed E-state index contributed by atoms with van der Waals surface area (Å²) in [6, 6.07) is -4.16. The Morgan fingerprint density at radius 2 is 1.65 bits per heavy atom. The van der Waals surface area contributed by atoms with Crippen molar-refractivity contribution >= 4 is 33.8 Å². The van der Waals surface area contributed by atoms with Crippen LogP contribution in [0.4, 0.5) is 4.79 Å². The maximum Gasteiger partial charge on any atom is 0.315 e. The Hall–Kier alpha value is -2.97. The molecule has 0 aromatic rings. The third kappa shape index (κ3) is 12.2. The molecule has 1 saturated heterocycles. The molecule has 48 heavy (non-hydrogen) atoms. The summed E-state index contributed by atoms with van der Waals surface area (Å²) in [5, 5.41) is 22.0. The average Bonchev–Trinajstić information content (AvgIpc) is 3.44. The summed E-state index contributed by atoms with van der Waals surface area (Å²) >= 11 is 0. The molecule has 1 fully saturated rings. The van der Waals surface area contributed by atoms with E-state index >= 15 is 0 Å². The number of rotatable bonds is 17. The maximum atomic E-state index is 14.3. The topological polar surface area (TPSA) is 177 Å². The SMILES string of the molecule is C=CCNC(=O)C(O)C(CCCC)NC(=O)[C@@H]1[C@@H](C(=C)C)CCN1C(=O)[C@@H](NC(=O)N[C@H](CN(C)S(=O)(=O)CC)C(C)(C)C)C(C)(C)C. The number of aliphatic hydroxyl groups is 1. The first-order valence-electron chi connectivity index (χ1n) is 16.9. The van der Waals surface area contributed by atoms with Crippen molar-refractivity contribution in [3.05, 3.63) is 24.8 Å². The summed E-state index contributed by atoms with van der Waals surface area (Å²) in [6.07, 6.45) is 2.21. The number of amides is 5. The number of likely N-dealkylation sites (tertiary alicyclic amines) is 1. The third-order valence-corrected chi connectivity index (χ3v) is 10.7. The van der Waals surface area contributed by atoms with Gasteiger partial charge in [-0.05, 0) is 37.5 Å². The first-order chi connectivity index (χ1) is 22.0. The number of hydrogen-bond acceptors (Lipinski definition) is 7. The normalized spacial score (nSPS) is 19.5. The Bertz CT molecular complexity index is 1260. The zero-order chi connectivity index (χ0) is 37.2. The lowest BCUT2D eigenvalue weighted by molar-refractivity contribution is -0.143. The molecular weight excluding hydrogens is 636 g/mol. The number of carbonyl (C=O) groups is 4. The smallest absolute Gasteiger partial charge is 0.315 e. The van der Waals surface area contributed by atoms with Crippen molar-refractivity contribution in [3.8, 4) is 0 Å². The van der Waals surface area contributed by atoms with Gasteiger partial charge < -0.3 is 31.3 Å². The predicted molar refractivity (Wildman–Crippen MR) is 189 cm³/mol. The standard InChI is InChI=1S/C34H62N6O7S/c1-13-16-17-24(27(41)30(43)35-19-14-2)36-29(42)26-23(22(4)5)18-20-40(26)31(44)28(34(9,10)11)38-32(45)37-25(33(6,7)8)21-39(12)48(46,47)15-3/h14,23-28,41H,2,4,13,15-21H2,1,3,5-12H3,(H,35,43)(H,36,42)(H2,37,38,45)/t23-,24?,25-,26+,27?,28-/m1/s1. The Morgan fingerprint density at radius 1 is 1.04 bits per heavy atom. The van der Waals surface area contributed by atoms with Crippen LogP contribution in [-0.2, 0) is 24.4 Å². The highest BCUT2D eigenvalue weighted by Crippen LogP contribution is 2.33. The molecule has 1 aliphatic rings. The van der Waals surface area contributed by atoms with Gasteiger partial charge in [0.05, 0.1) is 11.8 Å². The molecule has 0 aliphatic carbocycles. The van der Waals surface area contributed by atoms with E-state index in [1.807, 2.05) is 27.7 Å². The van der Waals surface area contributed by atoms with Crippen LogP contribution in [-0.4, -0.2) is 109 Å². The molecule has 1 aliphatic heterocycles. The van der Waals surface area contributed by atoms with Crippen molar-refractivity contribution < 1.29 is 32.7 Å². The first-order valence-corrected chi connectivity index (χ1v) is 18.5. The van der Waals surface area contributed by atoms with E-state index < -0.39 is 74.9 Å². The summed E-state index contributed by atoms with van der Waals surface area (Å²) in [5.74, 6) is -2.08. The molecule has 6 atom stereocenters. The number of sulfonamides is 1. The zero-order valence-electron chi connectivity index (χ0n) is 30.8. The second kappa shape index (κ2) is 18.1. The van der Waals surface area contributed by atoms with Crippen molar-refractivity contribution in [3.63, 3.8) is 0 Å². The van der Waals surface area contributed by atoms with Crippen LogP contribution < -0.4 is 21.3 Å². The van der Waals surface area contributed by atoms with E-state index in [2.05, 4.69) is 34.4 Å². The number of carbonyl (C=O) groups excluding carboxylic acids is 4. The van der Waals surface area contributed by atoms with Gasteiger partial charge in [-0.1, -0.05) is 79.5 Å². The van der Waals surface area contributed by atoms with Crippen molar-refractivity contribution in [2.45, 2.75) is 118 Å². The van der Waals surface area contributed by atoms with Crippen LogP contribution >= 0.6 is 0 Å². The van der Waals surface area contributed by atoms with Crippen molar-refractivity contribution in [1.29, 1.82) is 0 Å². The van der Waals surface area contributed by atoms with Gasteiger partial charge in [-0.25, -0.2) is 17.5 Å². The first kappa shape index (κ1) is 43.1. The predicted octanol–water partition coefficient (Wildman–Crippen LogP) is 2.53. The number of aliphatic hydroxyl groups excluding tert-OH is 1. The van der Waals surface area contributed by atoms with E-state index in [0.29, 0.717) is 24.8 Å². The minimum atomic E-state index is -3.50. The van der Waals surface area contributed by atoms with E-state index in [4.69, 9.17) is 0 Å². The number of unbranched alkanes of at least 4 members (excludes halogenated alkanes) is 1.